The van der Waals surface area contributed by atoms with E-state index in [1.807, 2.05) is 18.2 Å². The number of benzene rings is 1. The Morgan fingerprint density at radius 2 is 2.11 bits per heavy atom. The molecule has 0 radical (unpaired) electrons. The molecule has 0 spiro atoms. The number of methoxy groups -OCH3 is 1. The van der Waals surface area contributed by atoms with Crippen molar-refractivity contribution in [2.24, 2.45) is 5.92 Å². The molecule has 0 atom stereocenters. The molecule has 3 nitrogen and oxygen atoms in total. The molecule has 0 aliphatic heterocycles. The van der Waals surface area contributed by atoms with Gasteiger partial charge in [-0.15, -0.1) is 0 Å². The maximum Gasteiger partial charge on any atom is 0.169 e. The lowest BCUT2D eigenvalue weighted by molar-refractivity contribution is 0.389. The summed E-state index contributed by atoms with van der Waals surface area (Å²) in [7, 11) is 5.93. The molecule has 3 rings (SSSR count). The summed E-state index contributed by atoms with van der Waals surface area (Å²) < 4.78 is 10.2. The van der Waals surface area contributed by atoms with Gasteiger partial charge in [-0.3, -0.25) is 0 Å². The Morgan fingerprint density at radius 3 is 2.50 bits per heavy atom. The molecule has 100 valence electrons. The summed E-state index contributed by atoms with van der Waals surface area (Å²) in [6.07, 6.45) is 5.89. The number of nitrogens with zero attached hydrogens (tertiary/aromatic N) is 1. The Balaban J connectivity index is 0.000000134. The quantitative estimate of drug-likeness (QED) is 0.809. The van der Waals surface area contributed by atoms with Crippen molar-refractivity contribution >= 4 is 11.2 Å². The zero-order chi connectivity index (χ0) is 13.0. The number of furan rings is 2. The Hall–Kier alpha value is -1.22. The lowest BCUT2D eigenvalue weighted by Crippen LogP contribution is -2.12. The highest BCUT2D eigenvalue weighted by atomic mass is 16.5. The summed E-state index contributed by atoms with van der Waals surface area (Å²) in [6.45, 7) is 1.27. The van der Waals surface area contributed by atoms with Crippen molar-refractivity contribution in [2.45, 2.75) is 25.7 Å². The first-order chi connectivity index (χ1) is 8.69. The van der Waals surface area contributed by atoms with E-state index in [1.54, 1.807) is 7.11 Å². The highest BCUT2D eigenvalue weighted by Gasteiger charge is 2.19. The van der Waals surface area contributed by atoms with E-state index < -0.39 is 0 Å². The SMILES string of the molecule is CN(C)CCCC1CC1.COc1cc2ccc1o2. The van der Waals surface area contributed by atoms with Gasteiger partial charge in [0.15, 0.2) is 11.3 Å². The van der Waals surface area contributed by atoms with Gasteiger partial charge in [0, 0.05) is 6.07 Å². The second-order valence-corrected chi connectivity index (χ2v) is 5.30. The van der Waals surface area contributed by atoms with Crippen molar-refractivity contribution in [1.29, 1.82) is 0 Å². The van der Waals surface area contributed by atoms with Crippen molar-refractivity contribution in [3.63, 3.8) is 0 Å². The Bertz CT molecular complexity index is 443. The lowest BCUT2D eigenvalue weighted by Gasteiger charge is -2.07. The number of rotatable bonds is 5. The van der Waals surface area contributed by atoms with Crippen LogP contribution in [0, 0.1) is 5.92 Å². The smallest absolute Gasteiger partial charge is 0.169 e. The first kappa shape index (κ1) is 13.2. The second-order valence-electron chi connectivity index (χ2n) is 5.30. The zero-order valence-corrected chi connectivity index (χ0v) is 11.6. The van der Waals surface area contributed by atoms with E-state index in [1.165, 1.54) is 32.2 Å². The molecule has 0 aromatic carbocycles. The van der Waals surface area contributed by atoms with Crippen LogP contribution in [0.1, 0.15) is 25.7 Å². The van der Waals surface area contributed by atoms with Gasteiger partial charge in [-0.05, 0) is 51.5 Å². The minimum Gasteiger partial charge on any atom is -0.493 e. The van der Waals surface area contributed by atoms with Crippen molar-refractivity contribution < 1.29 is 9.15 Å². The van der Waals surface area contributed by atoms with Gasteiger partial charge in [0.25, 0.3) is 0 Å². The van der Waals surface area contributed by atoms with Gasteiger partial charge in [0.1, 0.15) is 5.58 Å². The van der Waals surface area contributed by atoms with Gasteiger partial charge in [-0.2, -0.15) is 0 Å². The van der Waals surface area contributed by atoms with Crippen LogP contribution in [0.25, 0.3) is 11.2 Å². The summed E-state index contributed by atoms with van der Waals surface area (Å²) >= 11 is 0. The van der Waals surface area contributed by atoms with Crippen LogP contribution in [-0.4, -0.2) is 32.6 Å². The minimum absolute atomic E-state index is 0.826. The fourth-order valence-corrected chi connectivity index (χ4v) is 2.03. The number of ether oxygens (including phenoxy) is 1. The van der Waals surface area contributed by atoms with E-state index in [9.17, 15) is 0 Å². The third-order valence-corrected chi connectivity index (χ3v) is 3.28. The molecule has 0 unspecified atom stereocenters. The summed E-state index contributed by atoms with van der Waals surface area (Å²) in [4.78, 5) is 2.27. The molecule has 1 aliphatic carbocycles. The monoisotopic (exact) mass is 249 g/mol. The molecule has 2 heterocycles. The molecule has 1 fully saturated rings. The Morgan fingerprint density at radius 1 is 1.33 bits per heavy atom. The average Bonchev–Trinajstić information content (AvgIpc) is 2.93. The van der Waals surface area contributed by atoms with Crippen molar-refractivity contribution in [3.8, 4) is 5.75 Å². The molecule has 1 aliphatic rings. The zero-order valence-electron chi connectivity index (χ0n) is 11.6. The van der Waals surface area contributed by atoms with Crippen molar-refractivity contribution in [1.82, 2.24) is 4.90 Å². The van der Waals surface area contributed by atoms with Crippen LogP contribution in [-0.2, 0) is 0 Å². The van der Waals surface area contributed by atoms with Crippen LogP contribution in [0.15, 0.2) is 22.6 Å². The second kappa shape index (κ2) is 6.10. The third-order valence-electron chi connectivity index (χ3n) is 3.28. The van der Waals surface area contributed by atoms with Crippen molar-refractivity contribution in [2.75, 3.05) is 27.7 Å². The molecular formula is C15H23NO2. The van der Waals surface area contributed by atoms with Crippen LogP contribution in [0.5, 0.6) is 5.75 Å². The van der Waals surface area contributed by atoms with Gasteiger partial charge in [-0.1, -0.05) is 12.8 Å². The number of hydrogen-bond donors (Lipinski definition) is 0. The van der Waals surface area contributed by atoms with Gasteiger partial charge >= 0.3 is 0 Å². The first-order valence-electron chi connectivity index (χ1n) is 6.69. The fraction of sp³-hybridized carbons (Fsp3) is 0.600. The van der Waals surface area contributed by atoms with Crippen LogP contribution in [0.2, 0.25) is 0 Å². The maximum atomic E-state index is 5.18. The summed E-state index contributed by atoms with van der Waals surface area (Å²) in [5.41, 5.74) is 1.70. The van der Waals surface area contributed by atoms with Gasteiger partial charge < -0.3 is 14.1 Å². The molecule has 0 saturated heterocycles. The fourth-order valence-electron chi connectivity index (χ4n) is 2.03. The predicted octanol–water partition coefficient (Wildman–Crippen LogP) is 3.62. The molecule has 2 bridgehead atoms. The van der Waals surface area contributed by atoms with Gasteiger partial charge in [0.05, 0.1) is 7.11 Å². The molecule has 18 heavy (non-hydrogen) atoms. The van der Waals surface area contributed by atoms with E-state index in [-0.39, 0.29) is 0 Å². The number of hydrogen-bond acceptors (Lipinski definition) is 3. The van der Waals surface area contributed by atoms with Crippen LogP contribution in [0.4, 0.5) is 0 Å². The standard InChI is InChI=1S/C8H17N.C7H6O2/c1-9(2)7-3-4-8-5-6-8;1-8-7-4-5-2-3-6(7)9-5/h8H,3-7H2,1-2H3;2-4H,1H3. The number of fused-ring (bicyclic) bond motifs is 2. The predicted molar refractivity (Wildman–Crippen MR) is 74.5 cm³/mol. The summed E-state index contributed by atoms with van der Waals surface area (Å²) in [5.74, 6) is 1.94. The maximum absolute atomic E-state index is 5.18. The van der Waals surface area contributed by atoms with E-state index in [0.29, 0.717) is 0 Å². The molecule has 2 aromatic heterocycles. The summed E-state index contributed by atoms with van der Waals surface area (Å²) in [5, 5.41) is 0. The highest BCUT2D eigenvalue weighted by Crippen LogP contribution is 2.33. The topological polar surface area (TPSA) is 25.6 Å². The van der Waals surface area contributed by atoms with E-state index in [4.69, 9.17) is 9.15 Å². The van der Waals surface area contributed by atoms with Crippen LogP contribution in [0.3, 0.4) is 0 Å². The van der Waals surface area contributed by atoms with Gasteiger partial charge in [-0.25, -0.2) is 0 Å². The normalized spacial score (nSPS) is 14.9. The lowest BCUT2D eigenvalue weighted by atomic mass is 10.2. The van der Waals surface area contributed by atoms with E-state index in [0.717, 1.165) is 22.8 Å². The molecule has 0 N–H and O–H groups in total. The Kier molecular flexibility index (Phi) is 4.48. The van der Waals surface area contributed by atoms with Crippen molar-refractivity contribution in [3.05, 3.63) is 18.2 Å². The van der Waals surface area contributed by atoms with E-state index >= 15 is 0 Å². The molecule has 1 saturated carbocycles. The molecule has 0 amide bonds. The van der Waals surface area contributed by atoms with Gasteiger partial charge in [0.2, 0.25) is 0 Å². The van der Waals surface area contributed by atoms with Crippen LogP contribution < -0.4 is 4.74 Å². The Labute approximate surface area is 109 Å². The van der Waals surface area contributed by atoms with E-state index in [2.05, 4.69) is 19.0 Å². The average molecular weight is 249 g/mol. The first-order valence-corrected chi connectivity index (χ1v) is 6.69. The van der Waals surface area contributed by atoms with Crippen LogP contribution >= 0.6 is 0 Å². The molecule has 3 heteroatoms. The third kappa shape index (κ3) is 3.91. The largest absolute Gasteiger partial charge is 0.493 e. The minimum atomic E-state index is 0.826. The molecule has 2 aromatic rings. The summed E-state index contributed by atoms with van der Waals surface area (Å²) in [6, 6.07) is 5.68. The molecular weight excluding hydrogens is 226 g/mol. The highest BCUT2D eigenvalue weighted by molar-refractivity contribution is 5.69.